The van der Waals surface area contributed by atoms with Gasteiger partial charge in [-0.3, -0.25) is 9.59 Å². The van der Waals surface area contributed by atoms with Crippen LogP contribution in [-0.4, -0.2) is 41.3 Å². The predicted molar refractivity (Wildman–Crippen MR) is 50.6 cm³/mol. The van der Waals surface area contributed by atoms with E-state index < -0.39 is 18.0 Å². The lowest BCUT2D eigenvalue weighted by molar-refractivity contribution is -0.139. The highest BCUT2D eigenvalue weighted by molar-refractivity contribution is 5.74. The summed E-state index contributed by atoms with van der Waals surface area (Å²) in [5, 5.41) is 16.3. The van der Waals surface area contributed by atoms with Crippen LogP contribution in [0.25, 0.3) is 0 Å². The molecule has 7 heteroatoms. The van der Waals surface area contributed by atoms with Gasteiger partial charge in [0, 0.05) is 19.5 Å². The van der Waals surface area contributed by atoms with Gasteiger partial charge in [-0.05, 0) is 6.42 Å². The molecule has 0 amide bonds. The number of aliphatic carboxylic acids is 2. The van der Waals surface area contributed by atoms with Crippen molar-refractivity contribution in [3.63, 3.8) is 0 Å². The lowest BCUT2D eigenvalue weighted by atomic mass is 10.2. The van der Waals surface area contributed by atoms with Gasteiger partial charge in [0.15, 0.2) is 0 Å². The highest BCUT2D eigenvalue weighted by Crippen LogP contribution is 1.93. The molecule has 0 heterocycles. The van der Waals surface area contributed by atoms with Crippen molar-refractivity contribution >= 4 is 11.9 Å². The van der Waals surface area contributed by atoms with Crippen molar-refractivity contribution in [2.45, 2.75) is 18.9 Å². The molecule has 1 unspecified atom stereocenters. The second kappa shape index (κ2) is 9.90. The van der Waals surface area contributed by atoms with Crippen LogP contribution in [0.3, 0.4) is 0 Å². The maximum atomic E-state index is 9.99. The van der Waals surface area contributed by atoms with Gasteiger partial charge in [-0.15, -0.1) is 0 Å². The van der Waals surface area contributed by atoms with E-state index in [-0.39, 0.29) is 12.8 Å². The predicted octanol–water partition coefficient (Wildman–Crippen LogP) is -1.83. The van der Waals surface area contributed by atoms with Gasteiger partial charge in [-0.1, -0.05) is 0 Å². The number of carboxylic acids is 2. The smallest absolute Gasteiger partial charge is 0.320 e. The minimum atomic E-state index is -1.17. The SMILES string of the molecule is NC(CCC(=O)O)C(=O)O.NCCN. The topological polar surface area (TPSA) is 153 Å². The summed E-state index contributed by atoms with van der Waals surface area (Å²) < 4.78 is 0. The number of rotatable bonds is 5. The van der Waals surface area contributed by atoms with Crippen molar-refractivity contribution in [1.29, 1.82) is 0 Å². The zero-order valence-corrected chi connectivity index (χ0v) is 7.85. The third-order valence-electron chi connectivity index (χ3n) is 1.15. The second-order valence-corrected chi connectivity index (χ2v) is 2.45. The molecule has 84 valence electrons. The van der Waals surface area contributed by atoms with Gasteiger partial charge in [0.25, 0.3) is 0 Å². The maximum Gasteiger partial charge on any atom is 0.320 e. The molecule has 0 saturated carbocycles. The lowest BCUT2D eigenvalue weighted by Gasteiger charge is -2.01. The summed E-state index contributed by atoms with van der Waals surface area (Å²) in [6.07, 6.45) is -0.224. The van der Waals surface area contributed by atoms with Crippen LogP contribution in [0.4, 0.5) is 0 Å². The molecular weight excluding hydrogens is 190 g/mol. The minimum Gasteiger partial charge on any atom is -0.481 e. The van der Waals surface area contributed by atoms with Gasteiger partial charge in [-0.25, -0.2) is 0 Å². The van der Waals surface area contributed by atoms with E-state index in [1.165, 1.54) is 0 Å². The Hall–Kier alpha value is -1.18. The highest BCUT2D eigenvalue weighted by atomic mass is 16.4. The largest absolute Gasteiger partial charge is 0.481 e. The Morgan fingerprint density at radius 1 is 1.14 bits per heavy atom. The fraction of sp³-hybridized carbons (Fsp3) is 0.714. The van der Waals surface area contributed by atoms with Crippen LogP contribution in [0.15, 0.2) is 0 Å². The molecule has 0 aliphatic rings. The zero-order chi connectivity index (χ0) is 11.6. The molecule has 0 saturated heterocycles. The summed E-state index contributed by atoms with van der Waals surface area (Å²) >= 11 is 0. The lowest BCUT2D eigenvalue weighted by Crippen LogP contribution is -2.30. The molecule has 0 fully saturated rings. The van der Waals surface area contributed by atoms with E-state index in [9.17, 15) is 9.59 Å². The third kappa shape index (κ3) is 13.4. The molecule has 0 radical (unpaired) electrons. The van der Waals surface area contributed by atoms with Crippen molar-refractivity contribution in [1.82, 2.24) is 0 Å². The number of hydrogen-bond donors (Lipinski definition) is 5. The van der Waals surface area contributed by atoms with Crippen molar-refractivity contribution in [3.8, 4) is 0 Å². The Balaban J connectivity index is 0. The quantitative estimate of drug-likeness (QED) is 0.355. The van der Waals surface area contributed by atoms with E-state index in [1.54, 1.807) is 0 Å². The van der Waals surface area contributed by atoms with E-state index in [0.29, 0.717) is 13.1 Å². The highest BCUT2D eigenvalue weighted by Gasteiger charge is 2.12. The summed E-state index contributed by atoms with van der Waals surface area (Å²) in [5.41, 5.74) is 14.8. The summed E-state index contributed by atoms with van der Waals surface area (Å²) in [4.78, 5) is 19.9. The fourth-order valence-electron chi connectivity index (χ4n) is 0.402. The molecule has 0 aromatic heterocycles. The molecule has 0 bridgehead atoms. The average molecular weight is 207 g/mol. The molecular formula is C7H17N3O4. The van der Waals surface area contributed by atoms with Gasteiger partial charge in [-0.2, -0.15) is 0 Å². The van der Waals surface area contributed by atoms with Gasteiger partial charge in [0.2, 0.25) is 0 Å². The Morgan fingerprint density at radius 2 is 1.57 bits per heavy atom. The van der Waals surface area contributed by atoms with Gasteiger partial charge >= 0.3 is 11.9 Å². The van der Waals surface area contributed by atoms with Crippen LogP contribution in [0.2, 0.25) is 0 Å². The average Bonchev–Trinajstić information content (AvgIpc) is 2.14. The summed E-state index contributed by atoms with van der Waals surface area (Å²) in [6.45, 7) is 1.19. The molecule has 0 aliphatic heterocycles. The van der Waals surface area contributed by atoms with Gasteiger partial charge in [0.1, 0.15) is 6.04 Å². The first-order chi connectivity index (χ1) is 6.45. The molecule has 8 N–H and O–H groups in total. The Labute approximate surface area is 81.9 Å². The fourth-order valence-corrected chi connectivity index (χ4v) is 0.402. The van der Waals surface area contributed by atoms with Gasteiger partial charge < -0.3 is 27.4 Å². The van der Waals surface area contributed by atoms with Gasteiger partial charge in [0.05, 0.1) is 0 Å². The van der Waals surface area contributed by atoms with Crippen molar-refractivity contribution < 1.29 is 19.8 Å². The van der Waals surface area contributed by atoms with E-state index >= 15 is 0 Å². The van der Waals surface area contributed by atoms with Crippen molar-refractivity contribution in [3.05, 3.63) is 0 Å². The molecule has 7 nitrogen and oxygen atoms in total. The number of nitrogens with two attached hydrogens (primary N) is 3. The Bertz CT molecular complexity index is 172. The van der Waals surface area contributed by atoms with E-state index in [4.69, 9.17) is 27.4 Å². The standard InChI is InChI=1S/C5H9NO4.C2H8N2/c6-3(5(9)10)1-2-4(7)8;3-1-2-4/h3H,1-2,6H2,(H,7,8)(H,9,10);1-4H2. The molecule has 0 rings (SSSR count). The van der Waals surface area contributed by atoms with Crippen LogP contribution >= 0.6 is 0 Å². The number of carboxylic acid groups (broad SMARTS) is 2. The van der Waals surface area contributed by atoms with Crippen molar-refractivity contribution in [2.24, 2.45) is 17.2 Å². The van der Waals surface area contributed by atoms with Crippen LogP contribution in [0.5, 0.6) is 0 Å². The first-order valence-electron chi connectivity index (χ1n) is 4.06. The Morgan fingerprint density at radius 3 is 1.79 bits per heavy atom. The summed E-state index contributed by atoms with van der Waals surface area (Å²) in [7, 11) is 0. The number of carbonyl (C=O) groups is 2. The monoisotopic (exact) mass is 207 g/mol. The third-order valence-corrected chi connectivity index (χ3v) is 1.15. The first-order valence-corrected chi connectivity index (χ1v) is 4.06. The second-order valence-electron chi connectivity index (χ2n) is 2.45. The summed E-state index contributed by atoms with van der Waals surface area (Å²) in [5.74, 6) is -2.20. The minimum absolute atomic E-state index is 0.0231. The molecule has 0 aliphatic carbocycles. The zero-order valence-electron chi connectivity index (χ0n) is 7.85. The van der Waals surface area contributed by atoms with Crippen LogP contribution in [-0.2, 0) is 9.59 Å². The molecule has 0 spiro atoms. The van der Waals surface area contributed by atoms with E-state index in [2.05, 4.69) is 0 Å². The van der Waals surface area contributed by atoms with E-state index in [0.717, 1.165) is 0 Å². The van der Waals surface area contributed by atoms with Crippen LogP contribution in [0, 0.1) is 0 Å². The molecule has 0 aromatic rings. The van der Waals surface area contributed by atoms with Crippen molar-refractivity contribution in [2.75, 3.05) is 13.1 Å². The molecule has 14 heavy (non-hydrogen) atoms. The van der Waals surface area contributed by atoms with E-state index in [1.807, 2.05) is 0 Å². The normalized spacial score (nSPS) is 11.1. The van der Waals surface area contributed by atoms with Crippen LogP contribution in [0.1, 0.15) is 12.8 Å². The molecule has 1 atom stereocenters. The Kier molecular flexibility index (Phi) is 10.8. The molecule has 0 aromatic carbocycles. The number of hydrogen-bond acceptors (Lipinski definition) is 5. The summed E-state index contributed by atoms with van der Waals surface area (Å²) in [6, 6.07) is -1.06. The first kappa shape index (κ1) is 15.3. The van der Waals surface area contributed by atoms with Crippen LogP contribution < -0.4 is 17.2 Å². The maximum absolute atomic E-state index is 9.99.